The van der Waals surface area contributed by atoms with Crippen LogP contribution in [0.3, 0.4) is 0 Å². The van der Waals surface area contributed by atoms with Crippen LogP contribution in [0.5, 0.6) is 0 Å². The van der Waals surface area contributed by atoms with E-state index in [0.29, 0.717) is 0 Å². The lowest BCUT2D eigenvalue weighted by Gasteiger charge is -2.31. The average Bonchev–Trinajstić information content (AvgIpc) is 2.54. The van der Waals surface area contributed by atoms with E-state index in [2.05, 4.69) is 68.6 Å². The van der Waals surface area contributed by atoms with E-state index in [1.54, 1.807) is 0 Å². The molecule has 0 bridgehead atoms. The molecule has 0 spiro atoms. The number of nitrogens with one attached hydrogen (secondary N) is 1. The van der Waals surface area contributed by atoms with E-state index in [9.17, 15) is 4.79 Å². The van der Waals surface area contributed by atoms with Crippen LogP contribution in [-0.2, 0) is 16.8 Å². The minimum atomic E-state index is -0.364. The molecule has 0 fully saturated rings. The highest BCUT2D eigenvalue weighted by atomic mass is 16.2. The number of rotatable bonds is 3. The van der Waals surface area contributed by atoms with E-state index in [1.807, 2.05) is 6.07 Å². The molecular formula is C21H25NO. The van der Waals surface area contributed by atoms with Crippen molar-refractivity contribution in [1.29, 1.82) is 0 Å². The first-order chi connectivity index (χ1) is 11.0. The molecule has 2 nitrogen and oxygen atoms in total. The van der Waals surface area contributed by atoms with Crippen molar-refractivity contribution < 1.29 is 4.79 Å². The van der Waals surface area contributed by atoms with Crippen LogP contribution >= 0.6 is 0 Å². The van der Waals surface area contributed by atoms with E-state index in [1.165, 1.54) is 16.7 Å². The third-order valence-electron chi connectivity index (χ3n) is 4.89. The highest BCUT2D eigenvalue weighted by Crippen LogP contribution is 2.32. The lowest BCUT2D eigenvalue weighted by molar-refractivity contribution is -0.124. The van der Waals surface area contributed by atoms with Crippen molar-refractivity contribution in [3.8, 4) is 0 Å². The zero-order valence-electron chi connectivity index (χ0n) is 14.2. The summed E-state index contributed by atoms with van der Waals surface area (Å²) in [5, 5.41) is 3.26. The number of carbonyl (C=O) groups is 1. The second kappa shape index (κ2) is 6.19. The van der Waals surface area contributed by atoms with E-state index in [0.717, 1.165) is 24.8 Å². The fourth-order valence-corrected chi connectivity index (χ4v) is 3.46. The van der Waals surface area contributed by atoms with Crippen molar-refractivity contribution in [2.45, 2.75) is 51.5 Å². The summed E-state index contributed by atoms with van der Waals surface area (Å²) in [5.74, 6) is 0.118. The van der Waals surface area contributed by atoms with Gasteiger partial charge in [-0.15, -0.1) is 0 Å². The van der Waals surface area contributed by atoms with E-state index < -0.39 is 0 Å². The van der Waals surface area contributed by atoms with Gasteiger partial charge in [-0.2, -0.15) is 0 Å². The Bertz CT molecular complexity index is 700. The predicted molar refractivity (Wildman–Crippen MR) is 94.5 cm³/mol. The number of hydrogen-bond donors (Lipinski definition) is 1. The van der Waals surface area contributed by atoms with Crippen molar-refractivity contribution in [2.24, 2.45) is 0 Å². The summed E-state index contributed by atoms with van der Waals surface area (Å²) in [5.41, 5.74) is 4.54. The van der Waals surface area contributed by atoms with Crippen molar-refractivity contribution in [1.82, 2.24) is 5.32 Å². The van der Waals surface area contributed by atoms with Crippen LogP contribution < -0.4 is 5.32 Å². The van der Waals surface area contributed by atoms with Crippen molar-refractivity contribution in [2.75, 3.05) is 0 Å². The fourth-order valence-electron chi connectivity index (χ4n) is 3.46. The molecule has 0 radical (unpaired) electrons. The SMILES string of the molecule is Cc1ccc(C(C)(C)NC(=O)C2CCCc3ccccc32)cc1. The van der Waals surface area contributed by atoms with Gasteiger partial charge in [0.05, 0.1) is 11.5 Å². The normalized spacial score (nSPS) is 17.4. The van der Waals surface area contributed by atoms with Crippen LogP contribution in [0.15, 0.2) is 48.5 Å². The Hall–Kier alpha value is -2.09. The third kappa shape index (κ3) is 3.31. The first-order valence-electron chi connectivity index (χ1n) is 8.44. The summed E-state index contributed by atoms with van der Waals surface area (Å²) in [4.78, 5) is 12.9. The molecule has 0 saturated carbocycles. The Morgan fingerprint density at radius 2 is 1.78 bits per heavy atom. The van der Waals surface area contributed by atoms with Gasteiger partial charge in [0.1, 0.15) is 0 Å². The maximum absolute atomic E-state index is 12.9. The Morgan fingerprint density at radius 1 is 1.09 bits per heavy atom. The van der Waals surface area contributed by atoms with Crippen LogP contribution in [0.4, 0.5) is 0 Å². The zero-order chi connectivity index (χ0) is 16.4. The lowest BCUT2D eigenvalue weighted by atomic mass is 9.81. The van der Waals surface area contributed by atoms with Crippen LogP contribution in [0.2, 0.25) is 0 Å². The molecule has 0 heterocycles. The molecule has 0 saturated heterocycles. The van der Waals surface area contributed by atoms with Gasteiger partial charge in [0.25, 0.3) is 0 Å². The molecule has 120 valence electrons. The summed E-state index contributed by atoms with van der Waals surface area (Å²) in [6.07, 6.45) is 3.11. The van der Waals surface area contributed by atoms with Gasteiger partial charge in [-0.05, 0) is 56.7 Å². The highest BCUT2D eigenvalue weighted by Gasteiger charge is 2.30. The standard InChI is InChI=1S/C21H25NO/c1-15-11-13-17(14-12-15)21(2,3)22-20(23)19-10-6-8-16-7-4-5-9-18(16)19/h4-5,7,9,11-14,19H,6,8,10H2,1-3H3,(H,22,23). The molecule has 0 aromatic heterocycles. The third-order valence-corrected chi connectivity index (χ3v) is 4.89. The van der Waals surface area contributed by atoms with Crippen molar-refractivity contribution in [3.63, 3.8) is 0 Å². The Morgan fingerprint density at radius 3 is 2.52 bits per heavy atom. The van der Waals surface area contributed by atoms with Gasteiger partial charge in [0.15, 0.2) is 0 Å². The summed E-state index contributed by atoms with van der Waals surface area (Å²) < 4.78 is 0. The van der Waals surface area contributed by atoms with Gasteiger partial charge in [0, 0.05) is 0 Å². The number of carbonyl (C=O) groups excluding carboxylic acids is 1. The van der Waals surface area contributed by atoms with Gasteiger partial charge in [-0.1, -0.05) is 54.1 Å². The number of benzene rings is 2. The van der Waals surface area contributed by atoms with Crippen LogP contribution in [0, 0.1) is 6.92 Å². The van der Waals surface area contributed by atoms with E-state index in [-0.39, 0.29) is 17.4 Å². The fraction of sp³-hybridized carbons (Fsp3) is 0.381. The number of amides is 1. The Balaban J connectivity index is 1.80. The Labute approximate surface area is 138 Å². The van der Waals surface area contributed by atoms with Crippen LogP contribution in [0.25, 0.3) is 0 Å². The summed E-state index contributed by atoms with van der Waals surface area (Å²) in [6, 6.07) is 16.8. The quantitative estimate of drug-likeness (QED) is 0.891. The zero-order valence-corrected chi connectivity index (χ0v) is 14.2. The molecule has 1 aliphatic rings. The number of hydrogen-bond acceptors (Lipinski definition) is 1. The molecule has 0 aliphatic heterocycles. The largest absolute Gasteiger partial charge is 0.347 e. The lowest BCUT2D eigenvalue weighted by Crippen LogP contribution is -2.44. The molecule has 2 aromatic carbocycles. The molecule has 3 rings (SSSR count). The molecular weight excluding hydrogens is 282 g/mol. The molecule has 1 amide bonds. The second-order valence-corrected chi connectivity index (χ2v) is 7.12. The molecule has 1 atom stereocenters. The van der Waals surface area contributed by atoms with Gasteiger partial charge < -0.3 is 5.32 Å². The Kier molecular flexibility index (Phi) is 4.25. The molecule has 1 unspecified atom stereocenters. The van der Waals surface area contributed by atoms with Crippen molar-refractivity contribution in [3.05, 3.63) is 70.8 Å². The van der Waals surface area contributed by atoms with Crippen LogP contribution in [-0.4, -0.2) is 5.91 Å². The number of fused-ring (bicyclic) bond motifs is 1. The molecule has 2 aromatic rings. The second-order valence-electron chi connectivity index (χ2n) is 7.12. The minimum Gasteiger partial charge on any atom is -0.347 e. The van der Waals surface area contributed by atoms with Crippen LogP contribution in [0.1, 0.15) is 54.9 Å². The molecule has 1 aliphatic carbocycles. The van der Waals surface area contributed by atoms with E-state index in [4.69, 9.17) is 0 Å². The van der Waals surface area contributed by atoms with Gasteiger partial charge in [-0.3, -0.25) is 4.79 Å². The van der Waals surface area contributed by atoms with E-state index >= 15 is 0 Å². The maximum atomic E-state index is 12.9. The topological polar surface area (TPSA) is 29.1 Å². The van der Waals surface area contributed by atoms with Gasteiger partial charge in [0.2, 0.25) is 5.91 Å². The molecule has 1 N–H and O–H groups in total. The first kappa shape index (κ1) is 15.8. The summed E-state index contributed by atoms with van der Waals surface area (Å²) >= 11 is 0. The first-order valence-corrected chi connectivity index (χ1v) is 8.44. The smallest absolute Gasteiger partial charge is 0.228 e. The molecule has 23 heavy (non-hydrogen) atoms. The van der Waals surface area contributed by atoms with Gasteiger partial charge >= 0.3 is 0 Å². The maximum Gasteiger partial charge on any atom is 0.228 e. The monoisotopic (exact) mass is 307 g/mol. The average molecular weight is 307 g/mol. The van der Waals surface area contributed by atoms with Gasteiger partial charge in [-0.25, -0.2) is 0 Å². The summed E-state index contributed by atoms with van der Waals surface area (Å²) in [7, 11) is 0. The number of aryl methyl sites for hydroxylation is 2. The minimum absolute atomic E-state index is 0.0235. The molecule has 2 heteroatoms. The predicted octanol–water partition coefficient (Wildman–Crippen LogP) is 4.47. The van der Waals surface area contributed by atoms with Crippen molar-refractivity contribution >= 4 is 5.91 Å². The summed E-state index contributed by atoms with van der Waals surface area (Å²) in [6.45, 7) is 6.23. The highest BCUT2D eigenvalue weighted by molar-refractivity contribution is 5.85.